The largest absolute Gasteiger partial charge is 0.491 e. The average Bonchev–Trinajstić information content (AvgIpc) is 3.82. The van der Waals surface area contributed by atoms with Gasteiger partial charge in [-0.2, -0.15) is 0 Å². The van der Waals surface area contributed by atoms with Gasteiger partial charge < -0.3 is 39.2 Å². The summed E-state index contributed by atoms with van der Waals surface area (Å²) in [7, 11) is 0. The fraction of sp³-hybridized carbons (Fsp3) is 0.279. The van der Waals surface area contributed by atoms with E-state index in [2.05, 4.69) is 15.2 Å². The van der Waals surface area contributed by atoms with Crippen LogP contribution in [0.4, 0.5) is 16.2 Å². The fourth-order valence-corrected chi connectivity index (χ4v) is 8.67. The molecule has 0 bridgehead atoms. The Morgan fingerprint density at radius 3 is 2.53 bits per heavy atom. The van der Waals surface area contributed by atoms with Crippen molar-refractivity contribution in [3.05, 3.63) is 118 Å². The number of benzene rings is 4. The maximum absolute atomic E-state index is 14.9. The summed E-state index contributed by atoms with van der Waals surface area (Å²) in [6, 6.07) is 26.1. The predicted molar refractivity (Wildman–Crippen MR) is 225 cm³/mol. The van der Waals surface area contributed by atoms with Crippen molar-refractivity contribution in [2.75, 3.05) is 49.7 Å². The van der Waals surface area contributed by atoms with Gasteiger partial charge in [0.1, 0.15) is 18.1 Å². The van der Waals surface area contributed by atoms with Gasteiger partial charge in [0.25, 0.3) is 5.91 Å². The van der Waals surface area contributed by atoms with E-state index in [1.54, 1.807) is 36.7 Å². The Bertz CT molecular complexity index is 2430. The molecule has 2 saturated heterocycles. The monoisotopic (exact) mass is 826 g/mol. The molecule has 294 valence electrons. The van der Waals surface area contributed by atoms with Gasteiger partial charge in [0.2, 0.25) is 0 Å². The number of aromatic amines is 1. The molecule has 0 unspecified atom stereocenters. The Balaban J connectivity index is 1.21. The summed E-state index contributed by atoms with van der Waals surface area (Å²) in [5.41, 5.74) is 6.03. The van der Waals surface area contributed by atoms with Crippen LogP contribution in [0.15, 0.2) is 91.3 Å². The molecule has 11 nitrogen and oxygen atoms in total. The summed E-state index contributed by atoms with van der Waals surface area (Å²) in [5.74, 6) is 0.101. The number of anilines is 2. The molecule has 3 N–H and O–H groups in total. The van der Waals surface area contributed by atoms with Crippen LogP contribution < -0.4 is 15.0 Å². The zero-order valence-electron chi connectivity index (χ0n) is 31.2. The topological polar surface area (TPSA) is 125 Å². The predicted octanol–water partition coefficient (Wildman–Crippen LogP) is 9.70. The number of halogens is 3. The molecule has 57 heavy (non-hydrogen) atoms. The van der Waals surface area contributed by atoms with Crippen LogP contribution in [-0.2, 0) is 4.74 Å². The molecule has 2 fully saturated rings. The number of nitrogens with zero attached hydrogens (tertiary/aromatic N) is 4. The van der Waals surface area contributed by atoms with Crippen LogP contribution in [0, 0.1) is 0 Å². The van der Waals surface area contributed by atoms with Gasteiger partial charge in [-0.05, 0) is 68.1 Å². The number of fused-ring (bicyclic) bond motifs is 1. The molecule has 1 atom stereocenters. The first-order valence-corrected chi connectivity index (χ1v) is 20.1. The quantitative estimate of drug-likeness (QED) is 0.119. The highest BCUT2D eigenvalue weighted by atomic mass is 35.5. The molecular weight excluding hydrogens is 787 g/mol. The minimum absolute atomic E-state index is 0.0776. The third-order valence-corrected chi connectivity index (χ3v) is 11.5. The lowest BCUT2D eigenvalue weighted by Crippen LogP contribution is -2.50. The average molecular weight is 828 g/mol. The minimum atomic E-state index is -0.396. The van der Waals surface area contributed by atoms with Crippen molar-refractivity contribution < 1.29 is 24.2 Å². The maximum atomic E-state index is 14.9. The third-order valence-electron chi connectivity index (χ3n) is 10.7. The summed E-state index contributed by atoms with van der Waals surface area (Å²) in [6.45, 7) is 4.44. The van der Waals surface area contributed by atoms with Gasteiger partial charge in [-0.1, -0.05) is 77.3 Å². The number of carbonyl (C=O) groups excluding carboxylic acids is 2. The number of imidazole rings is 1. The lowest BCUT2D eigenvalue weighted by atomic mass is 9.99. The smallest absolute Gasteiger partial charge is 0.410 e. The van der Waals surface area contributed by atoms with Gasteiger partial charge in [-0.3, -0.25) is 4.79 Å². The Labute approximate surface area is 345 Å². The van der Waals surface area contributed by atoms with Gasteiger partial charge in [0, 0.05) is 68.8 Å². The zero-order chi connectivity index (χ0) is 39.6. The van der Waals surface area contributed by atoms with Gasteiger partial charge in [-0.25, -0.2) is 9.78 Å². The molecule has 0 spiro atoms. The molecule has 2 aliphatic heterocycles. The first-order valence-electron chi connectivity index (χ1n) is 19.0. The molecule has 4 aromatic carbocycles. The van der Waals surface area contributed by atoms with E-state index in [0.717, 1.165) is 41.5 Å². The molecule has 2 aliphatic rings. The number of hydrogen-bond donors (Lipinski definition) is 3. The highest BCUT2D eigenvalue weighted by Gasteiger charge is 2.33. The number of hydrogen-bond acceptors (Lipinski definition) is 7. The lowest BCUT2D eigenvalue weighted by molar-refractivity contribution is 0.0499. The van der Waals surface area contributed by atoms with Crippen LogP contribution in [-0.4, -0.2) is 82.0 Å². The highest BCUT2D eigenvalue weighted by Crippen LogP contribution is 2.43. The van der Waals surface area contributed by atoms with Crippen molar-refractivity contribution in [1.82, 2.24) is 19.4 Å². The molecule has 2 amide bonds. The summed E-state index contributed by atoms with van der Waals surface area (Å²) < 4.78 is 13.2. The van der Waals surface area contributed by atoms with Crippen LogP contribution in [0.2, 0.25) is 15.1 Å². The van der Waals surface area contributed by atoms with E-state index in [9.17, 15) is 14.7 Å². The molecular formula is C43H41Cl3N6O5. The van der Waals surface area contributed by atoms with E-state index in [1.807, 2.05) is 71.0 Å². The highest BCUT2D eigenvalue weighted by molar-refractivity contribution is 6.35. The van der Waals surface area contributed by atoms with E-state index in [4.69, 9.17) is 49.3 Å². The number of piperidine rings is 1. The number of ether oxygens (including phenoxy) is 2. The van der Waals surface area contributed by atoms with Crippen LogP contribution in [0.3, 0.4) is 0 Å². The molecule has 8 rings (SSSR count). The molecule has 4 heterocycles. The normalized spacial score (nSPS) is 15.5. The van der Waals surface area contributed by atoms with Gasteiger partial charge in [0.05, 0.1) is 48.3 Å². The van der Waals surface area contributed by atoms with Crippen molar-refractivity contribution in [1.29, 1.82) is 0 Å². The van der Waals surface area contributed by atoms with Gasteiger partial charge in [0.15, 0.2) is 0 Å². The lowest BCUT2D eigenvalue weighted by Gasteiger charge is -2.40. The zero-order valence-corrected chi connectivity index (χ0v) is 33.4. The molecule has 0 saturated carbocycles. The van der Waals surface area contributed by atoms with Crippen molar-refractivity contribution in [2.45, 2.75) is 38.3 Å². The summed E-state index contributed by atoms with van der Waals surface area (Å²) >= 11 is 19.6. The first kappa shape index (κ1) is 38.7. The van der Waals surface area contributed by atoms with E-state index < -0.39 is 5.91 Å². The summed E-state index contributed by atoms with van der Waals surface area (Å²) in [5, 5.41) is 15.0. The first-order chi connectivity index (χ1) is 27.7. The Kier molecular flexibility index (Phi) is 11.3. The van der Waals surface area contributed by atoms with Crippen molar-refractivity contribution in [3.63, 3.8) is 0 Å². The Morgan fingerprint density at radius 2 is 1.77 bits per heavy atom. The van der Waals surface area contributed by atoms with Crippen LogP contribution >= 0.6 is 34.8 Å². The van der Waals surface area contributed by atoms with Crippen LogP contribution in [0.1, 0.15) is 48.3 Å². The number of aliphatic hydroxyl groups excluding tert-OH is 1. The second-order valence-electron chi connectivity index (χ2n) is 14.2. The molecule has 6 aromatic rings. The van der Waals surface area contributed by atoms with Crippen molar-refractivity contribution in [3.8, 4) is 28.3 Å². The molecule has 2 aromatic heterocycles. The Morgan fingerprint density at radius 1 is 1.00 bits per heavy atom. The molecule has 0 aliphatic carbocycles. The number of amides is 2. The number of rotatable bonds is 11. The number of H-pyrrole nitrogens is 1. The summed E-state index contributed by atoms with van der Waals surface area (Å²) in [4.78, 5) is 39.9. The minimum Gasteiger partial charge on any atom is -0.491 e. The SMILES string of the molecule is C[C@@H](c1ccc(Cl)cc1Cl)n1cnc(-c2ccccc2)c1-c1c(C(=O)Nc2cc(OCCO)ccc2N2CCC(N3CCCOC3=O)CC2)[nH]c2cc(Cl)ccc12. The van der Waals surface area contributed by atoms with Crippen molar-refractivity contribution in [2.24, 2.45) is 0 Å². The van der Waals surface area contributed by atoms with E-state index in [1.165, 1.54) is 0 Å². The second-order valence-corrected chi connectivity index (χ2v) is 15.5. The van der Waals surface area contributed by atoms with E-state index in [0.29, 0.717) is 80.9 Å². The third kappa shape index (κ3) is 7.89. The molecule has 14 heteroatoms. The van der Waals surface area contributed by atoms with Crippen molar-refractivity contribution >= 4 is 69.1 Å². The number of nitrogens with one attached hydrogen (secondary N) is 2. The second kappa shape index (κ2) is 16.7. The van der Waals surface area contributed by atoms with Crippen LogP contribution in [0.5, 0.6) is 5.75 Å². The Hall–Kier alpha value is -5.20. The number of carbonyl (C=O) groups is 2. The number of aromatic nitrogens is 3. The van der Waals surface area contributed by atoms with Gasteiger partial charge >= 0.3 is 6.09 Å². The maximum Gasteiger partial charge on any atom is 0.410 e. The van der Waals surface area contributed by atoms with E-state index in [-0.39, 0.29) is 31.4 Å². The van der Waals surface area contributed by atoms with Gasteiger partial charge in [-0.15, -0.1) is 0 Å². The van der Waals surface area contributed by atoms with Crippen LogP contribution in [0.25, 0.3) is 33.4 Å². The number of aliphatic hydroxyl groups is 1. The summed E-state index contributed by atoms with van der Waals surface area (Å²) in [6.07, 6.45) is 3.84. The fourth-order valence-electron chi connectivity index (χ4n) is 7.93. The van der Waals surface area contributed by atoms with E-state index >= 15 is 0 Å². The number of cyclic esters (lactones) is 1. The molecule has 0 radical (unpaired) electrons. The standard InChI is InChI=1S/C43H41Cl3N6O5/c1-26(32-11-8-28(44)22-34(32)46)52-25-47-39(27-6-3-2-4-7-27)41(52)38-33-12-9-29(45)23-35(33)48-40(38)42(54)49-36-24-31(56-21-19-53)10-13-37(36)50-17-14-30(15-18-50)51-16-5-20-57-43(51)55/h2-4,6-13,22-26,30,48,53H,5,14-21H2,1H3,(H,49,54)/t26-/m0/s1.